The fourth-order valence-electron chi connectivity index (χ4n) is 3.30. The van der Waals surface area contributed by atoms with Crippen LogP contribution in [0.2, 0.25) is 0 Å². The van der Waals surface area contributed by atoms with Gasteiger partial charge in [0.1, 0.15) is 5.75 Å². The van der Waals surface area contributed by atoms with Gasteiger partial charge in [0.25, 0.3) is 0 Å². The first-order valence-corrected chi connectivity index (χ1v) is 9.46. The Balaban J connectivity index is 1.39. The Hall–Kier alpha value is -1.84. The molecule has 0 radical (unpaired) electrons. The molecule has 3 rings (SSSR count). The van der Waals surface area contributed by atoms with Crippen LogP contribution in [-0.4, -0.2) is 56.2 Å². The summed E-state index contributed by atoms with van der Waals surface area (Å²) < 4.78 is 5.94. The van der Waals surface area contributed by atoms with Crippen LogP contribution < -0.4 is 4.74 Å². The van der Waals surface area contributed by atoms with Crippen LogP contribution in [0.1, 0.15) is 17.5 Å². The smallest absolute Gasteiger partial charge is 0.119 e. The molecule has 1 heterocycles. The molecular weight excluding hydrogens is 308 g/mol. The molecule has 1 saturated heterocycles. The Kier molecular flexibility index (Phi) is 6.89. The van der Waals surface area contributed by atoms with Gasteiger partial charge in [-0.1, -0.05) is 42.5 Å². The Bertz CT molecular complexity index is 621. The predicted octanol–water partition coefficient (Wildman–Crippen LogP) is 3.49. The van der Waals surface area contributed by atoms with Gasteiger partial charge in [0.15, 0.2) is 0 Å². The van der Waals surface area contributed by atoms with Crippen molar-refractivity contribution >= 4 is 0 Å². The molecule has 2 aromatic carbocycles. The number of benzene rings is 2. The van der Waals surface area contributed by atoms with Crippen molar-refractivity contribution in [2.24, 2.45) is 0 Å². The van der Waals surface area contributed by atoms with E-state index in [1.165, 1.54) is 50.3 Å². The van der Waals surface area contributed by atoms with Crippen molar-refractivity contribution in [3.05, 3.63) is 65.7 Å². The van der Waals surface area contributed by atoms with Crippen LogP contribution in [0.25, 0.3) is 0 Å². The minimum Gasteiger partial charge on any atom is -0.493 e. The van der Waals surface area contributed by atoms with Gasteiger partial charge in [-0.25, -0.2) is 0 Å². The molecule has 0 bridgehead atoms. The number of rotatable bonds is 8. The summed E-state index contributed by atoms with van der Waals surface area (Å²) in [5.41, 5.74) is 2.71. The van der Waals surface area contributed by atoms with Gasteiger partial charge < -0.3 is 14.5 Å². The van der Waals surface area contributed by atoms with E-state index >= 15 is 0 Å². The third-order valence-electron chi connectivity index (χ3n) is 4.94. The number of ether oxygens (including phenoxy) is 1. The number of aryl methyl sites for hydroxylation is 1. The summed E-state index contributed by atoms with van der Waals surface area (Å²) in [6, 6.07) is 19.1. The molecule has 0 spiro atoms. The maximum Gasteiger partial charge on any atom is 0.119 e. The van der Waals surface area contributed by atoms with Gasteiger partial charge in [0.05, 0.1) is 6.61 Å². The van der Waals surface area contributed by atoms with Crippen molar-refractivity contribution in [2.75, 3.05) is 46.4 Å². The van der Waals surface area contributed by atoms with Gasteiger partial charge in [0, 0.05) is 32.6 Å². The molecule has 0 atom stereocenters. The fraction of sp³-hybridized carbons (Fsp3) is 0.455. The van der Waals surface area contributed by atoms with Crippen LogP contribution in [0.15, 0.2) is 54.6 Å². The molecule has 134 valence electrons. The van der Waals surface area contributed by atoms with E-state index in [1.807, 2.05) is 0 Å². The van der Waals surface area contributed by atoms with Gasteiger partial charge in [-0.2, -0.15) is 0 Å². The van der Waals surface area contributed by atoms with E-state index in [4.69, 9.17) is 4.74 Å². The van der Waals surface area contributed by atoms with E-state index in [1.54, 1.807) is 0 Å². The number of likely N-dealkylation sites (N-methyl/N-ethyl adjacent to an activating group) is 1. The summed E-state index contributed by atoms with van der Waals surface area (Å²) in [6.07, 6.45) is 3.30. The molecule has 1 aliphatic heterocycles. The highest BCUT2D eigenvalue weighted by molar-refractivity contribution is 5.28. The van der Waals surface area contributed by atoms with Crippen molar-refractivity contribution < 1.29 is 4.74 Å². The van der Waals surface area contributed by atoms with E-state index in [2.05, 4.69) is 71.4 Å². The first kappa shape index (κ1) is 18.0. The number of hydrogen-bond donors (Lipinski definition) is 0. The van der Waals surface area contributed by atoms with E-state index in [9.17, 15) is 0 Å². The Morgan fingerprint density at radius 2 is 1.60 bits per heavy atom. The second-order valence-corrected chi connectivity index (χ2v) is 6.98. The lowest BCUT2D eigenvalue weighted by Crippen LogP contribution is -2.44. The highest BCUT2D eigenvalue weighted by Gasteiger charge is 2.12. The largest absolute Gasteiger partial charge is 0.493 e. The molecule has 0 aromatic heterocycles. The number of piperazine rings is 1. The van der Waals surface area contributed by atoms with Crippen molar-refractivity contribution in [1.29, 1.82) is 0 Å². The molecule has 1 aliphatic rings. The lowest BCUT2D eigenvalue weighted by Gasteiger charge is -2.32. The van der Waals surface area contributed by atoms with Gasteiger partial charge in [-0.05, 0) is 49.7 Å². The van der Waals surface area contributed by atoms with E-state index < -0.39 is 0 Å². The zero-order valence-electron chi connectivity index (χ0n) is 15.4. The third-order valence-corrected chi connectivity index (χ3v) is 4.94. The van der Waals surface area contributed by atoms with Crippen LogP contribution in [0, 0.1) is 0 Å². The highest BCUT2D eigenvalue weighted by atomic mass is 16.5. The van der Waals surface area contributed by atoms with Gasteiger partial charge >= 0.3 is 0 Å². The fourth-order valence-corrected chi connectivity index (χ4v) is 3.30. The summed E-state index contributed by atoms with van der Waals surface area (Å²) in [6.45, 7) is 6.75. The second-order valence-electron chi connectivity index (χ2n) is 6.98. The Morgan fingerprint density at radius 1 is 0.840 bits per heavy atom. The van der Waals surface area contributed by atoms with Crippen molar-refractivity contribution in [2.45, 2.75) is 19.3 Å². The van der Waals surface area contributed by atoms with Crippen molar-refractivity contribution in [1.82, 2.24) is 9.80 Å². The van der Waals surface area contributed by atoms with Crippen LogP contribution in [0.3, 0.4) is 0 Å². The number of hydrogen-bond acceptors (Lipinski definition) is 3. The van der Waals surface area contributed by atoms with Crippen LogP contribution in [0.4, 0.5) is 0 Å². The SMILES string of the molecule is CN1CCN(CCCc2cccc(OCCc3ccccc3)c2)CC1. The Labute approximate surface area is 152 Å². The lowest BCUT2D eigenvalue weighted by molar-refractivity contribution is 0.153. The van der Waals surface area contributed by atoms with Gasteiger partial charge in [0.2, 0.25) is 0 Å². The summed E-state index contributed by atoms with van der Waals surface area (Å²) in [4.78, 5) is 4.99. The lowest BCUT2D eigenvalue weighted by atomic mass is 10.1. The zero-order valence-corrected chi connectivity index (χ0v) is 15.4. The van der Waals surface area contributed by atoms with E-state index in [0.29, 0.717) is 0 Å². The zero-order chi connectivity index (χ0) is 17.3. The third kappa shape index (κ3) is 6.18. The first-order valence-electron chi connectivity index (χ1n) is 9.46. The Morgan fingerprint density at radius 3 is 2.40 bits per heavy atom. The molecule has 0 amide bonds. The molecule has 3 nitrogen and oxygen atoms in total. The molecule has 2 aromatic rings. The van der Waals surface area contributed by atoms with Crippen LogP contribution in [0.5, 0.6) is 5.75 Å². The topological polar surface area (TPSA) is 15.7 Å². The maximum atomic E-state index is 5.94. The van der Waals surface area contributed by atoms with Gasteiger partial charge in [-0.3, -0.25) is 0 Å². The molecule has 0 unspecified atom stereocenters. The predicted molar refractivity (Wildman–Crippen MR) is 104 cm³/mol. The summed E-state index contributed by atoms with van der Waals surface area (Å²) in [5.74, 6) is 0.994. The minimum absolute atomic E-state index is 0.731. The number of nitrogens with zero attached hydrogens (tertiary/aromatic N) is 2. The maximum absolute atomic E-state index is 5.94. The quantitative estimate of drug-likeness (QED) is 0.733. The highest BCUT2D eigenvalue weighted by Crippen LogP contribution is 2.15. The van der Waals surface area contributed by atoms with Crippen LogP contribution in [-0.2, 0) is 12.8 Å². The first-order chi connectivity index (χ1) is 12.3. The van der Waals surface area contributed by atoms with E-state index in [0.717, 1.165) is 25.2 Å². The molecule has 3 heteroatoms. The van der Waals surface area contributed by atoms with Gasteiger partial charge in [-0.15, -0.1) is 0 Å². The molecule has 25 heavy (non-hydrogen) atoms. The molecule has 0 aliphatic carbocycles. The molecular formula is C22H30N2O. The second kappa shape index (κ2) is 9.59. The van der Waals surface area contributed by atoms with Crippen LogP contribution >= 0.6 is 0 Å². The average Bonchev–Trinajstić information content (AvgIpc) is 2.65. The van der Waals surface area contributed by atoms with Crippen molar-refractivity contribution in [3.63, 3.8) is 0 Å². The standard InChI is InChI=1S/C22H30N2O/c1-23-14-16-24(17-15-23)13-6-10-21-9-5-11-22(19-21)25-18-12-20-7-3-2-4-8-20/h2-5,7-9,11,19H,6,10,12-18H2,1H3. The molecule has 1 fully saturated rings. The summed E-state index contributed by atoms with van der Waals surface area (Å²) >= 11 is 0. The normalized spacial score (nSPS) is 16.0. The minimum atomic E-state index is 0.731. The molecule has 0 saturated carbocycles. The van der Waals surface area contributed by atoms with Crippen molar-refractivity contribution in [3.8, 4) is 5.75 Å². The van der Waals surface area contributed by atoms with E-state index in [-0.39, 0.29) is 0 Å². The molecule has 0 N–H and O–H groups in total. The summed E-state index contributed by atoms with van der Waals surface area (Å²) in [5, 5.41) is 0. The summed E-state index contributed by atoms with van der Waals surface area (Å²) in [7, 11) is 2.21. The monoisotopic (exact) mass is 338 g/mol. The average molecular weight is 338 g/mol.